The maximum Gasteiger partial charge on any atom is 0.310 e. The minimum atomic E-state index is -0.620. The number of likely N-dealkylation sites (tertiary alicyclic amines) is 1. The largest absolute Gasteiger partial charge is 0.493 e. The van der Waals surface area contributed by atoms with E-state index >= 15 is 0 Å². The summed E-state index contributed by atoms with van der Waals surface area (Å²) < 4.78 is 6.39. The van der Waals surface area contributed by atoms with Crippen LogP contribution in [-0.4, -0.2) is 54.8 Å². The molecule has 1 saturated heterocycles. The number of hydrogen-bond donors (Lipinski definition) is 2. The molecule has 2 saturated carbocycles. The van der Waals surface area contributed by atoms with Gasteiger partial charge in [-0.05, 0) is 74.9 Å². The van der Waals surface area contributed by atoms with Crippen LogP contribution in [0, 0.1) is 10.8 Å². The average molecular weight is 463 g/mol. The number of rotatable bonds is 11. The van der Waals surface area contributed by atoms with Gasteiger partial charge in [-0.15, -0.1) is 0 Å². The molecule has 0 radical (unpaired) electrons. The molecule has 0 spiro atoms. The highest BCUT2D eigenvalue weighted by atomic mass is 16.5. The van der Waals surface area contributed by atoms with Gasteiger partial charge in [0, 0.05) is 30.5 Å². The van der Waals surface area contributed by atoms with E-state index in [1.54, 1.807) is 0 Å². The molecule has 0 bridgehead atoms. The number of carbonyl (C=O) groups is 1. The molecule has 1 aliphatic heterocycles. The third-order valence-electron chi connectivity index (χ3n) is 8.36. The van der Waals surface area contributed by atoms with E-state index in [4.69, 9.17) is 4.74 Å². The van der Waals surface area contributed by atoms with Crippen molar-refractivity contribution in [1.29, 1.82) is 0 Å². The second-order valence-electron chi connectivity index (χ2n) is 10.9. The summed E-state index contributed by atoms with van der Waals surface area (Å²) in [5.74, 6) is 0.953. The first kappa shape index (κ1) is 23.4. The van der Waals surface area contributed by atoms with Gasteiger partial charge in [0.2, 0.25) is 0 Å². The summed E-state index contributed by atoms with van der Waals surface area (Å²) in [7, 11) is 0. The zero-order valence-electron chi connectivity index (χ0n) is 20.3. The second-order valence-corrected chi connectivity index (χ2v) is 10.9. The van der Waals surface area contributed by atoms with E-state index in [2.05, 4.69) is 71.7 Å². The fraction of sp³-hybridized carbons (Fsp3) is 0.552. The Morgan fingerprint density at radius 3 is 2.53 bits per heavy atom. The number of aryl methyl sites for hydroxylation is 1. The van der Waals surface area contributed by atoms with Gasteiger partial charge in [0.05, 0.1) is 12.0 Å². The van der Waals surface area contributed by atoms with Crippen LogP contribution in [0.2, 0.25) is 0 Å². The van der Waals surface area contributed by atoms with Gasteiger partial charge < -0.3 is 20.1 Å². The van der Waals surface area contributed by atoms with Crippen LogP contribution in [0.25, 0.3) is 0 Å². The fourth-order valence-corrected chi connectivity index (χ4v) is 5.50. The van der Waals surface area contributed by atoms with Gasteiger partial charge in [0.1, 0.15) is 5.75 Å². The number of carboxylic acid groups (broad SMARTS) is 1. The summed E-state index contributed by atoms with van der Waals surface area (Å²) >= 11 is 0. The Bertz CT molecular complexity index is 980. The molecule has 3 aliphatic rings. The van der Waals surface area contributed by atoms with Gasteiger partial charge in [-0.1, -0.05) is 49.4 Å². The van der Waals surface area contributed by atoms with E-state index in [1.807, 2.05) is 0 Å². The highest BCUT2D eigenvalue weighted by molar-refractivity contribution is 5.78. The van der Waals surface area contributed by atoms with E-state index in [0.29, 0.717) is 25.1 Å². The molecular weight excluding hydrogens is 424 g/mol. The smallest absolute Gasteiger partial charge is 0.310 e. The molecule has 5 nitrogen and oxygen atoms in total. The minimum Gasteiger partial charge on any atom is -0.493 e. The Hall–Kier alpha value is -2.37. The predicted molar refractivity (Wildman–Crippen MR) is 134 cm³/mol. The molecule has 182 valence electrons. The summed E-state index contributed by atoms with van der Waals surface area (Å²) in [6.07, 6.45) is 5.92. The molecule has 5 heteroatoms. The number of hydrogen-bond acceptors (Lipinski definition) is 4. The molecule has 1 unspecified atom stereocenters. The van der Waals surface area contributed by atoms with Crippen molar-refractivity contribution in [2.24, 2.45) is 10.8 Å². The molecule has 2 N–H and O–H groups in total. The monoisotopic (exact) mass is 462 g/mol. The van der Waals surface area contributed by atoms with Crippen LogP contribution in [0.3, 0.4) is 0 Å². The summed E-state index contributed by atoms with van der Waals surface area (Å²) in [6.45, 7) is 6.41. The Morgan fingerprint density at radius 1 is 1.09 bits per heavy atom. The normalized spacial score (nSPS) is 25.0. The maximum absolute atomic E-state index is 11.7. The molecule has 2 atom stereocenters. The van der Waals surface area contributed by atoms with Crippen LogP contribution in [-0.2, 0) is 11.2 Å². The maximum atomic E-state index is 11.7. The summed E-state index contributed by atoms with van der Waals surface area (Å²) in [6, 6.07) is 19.8. The first-order valence-corrected chi connectivity index (χ1v) is 13.0. The van der Waals surface area contributed by atoms with Crippen molar-refractivity contribution in [3.05, 3.63) is 65.7 Å². The lowest BCUT2D eigenvalue weighted by atomic mass is 9.78. The lowest BCUT2D eigenvalue weighted by molar-refractivity contribution is -0.144. The van der Waals surface area contributed by atoms with Gasteiger partial charge in [-0.25, -0.2) is 0 Å². The van der Waals surface area contributed by atoms with Crippen LogP contribution >= 0.6 is 0 Å². The molecule has 3 fully saturated rings. The van der Waals surface area contributed by atoms with Crippen LogP contribution in [0.5, 0.6) is 5.75 Å². The number of benzene rings is 2. The van der Waals surface area contributed by atoms with Crippen molar-refractivity contribution in [3.63, 3.8) is 0 Å². The number of ether oxygens (including phenoxy) is 1. The van der Waals surface area contributed by atoms with Crippen molar-refractivity contribution in [3.8, 4) is 5.75 Å². The van der Waals surface area contributed by atoms with Crippen LogP contribution in [0.4, 0.5) is 0 Å². The van der Waals surface area contributed by atoms with E-state index < -0.39 is 11.4 Å². The lowest BCUT2D eigenvalue weighted by Gasteiger charge is -2.42. The topological polar surface area (TPSA) is 61.8 Å². The Morgan fingerprint density at radius 2 is 1.85 bits per heavy atom. The minimum absolute atomic E-state index is 0.0719. The SMILES string of the molecule is CCc1cccc(OCC2(CN[C@@H]3CC3c3ccccc3)CCN(CC3(C(=O)O)CC3)CC2)c1. The predicted octanol–water partition coefficient (Wildman–Crippen LogP) is 4.72. The third-order valence-corrected chi connectivity index (χ3v) is 8.36. The van der Waals surface area contributed by atoms with Crippen molar-refractivity contribution in [1.82, 2.24) is 10.2 Å². The number of piperidine rings is 1. The standard InChI is InChI=1S/C29H38N2O3/c1-2-22-7-6-10-24(17-22)34-21-28(19-30-26-18-25(26)23-8-4-3-5-9-23)13-15-31(16-14-28)20-29(11-12-29)27(32)33/h3-10,17,25-26,30H,2,11-16,18-21H2,1H3,(H,32,33)/t25?,26-/m1/s1. The molecule has 0 aromatic heterocycles. The highest BCUT2D eigenvalue weighted by Gasteiger charge is 2.52. The van der Waals surface area contributed by atoms with Crippen molar-refractivity contribution in [2.45, 2.75) is 57.4 Å². The van der Waals surface area contributed by atoms with Crippen LogP contribution in [0.15, 0.2) is 54.6 Å². The molecular formula is C29H38N2O3. The lowest BCUT2D eigenvalue weighted by Crippen LogP contribution is -2.50. The van der Waals surface area contributed by atoms with Crippen LogP contribution in [0.1, 0.15) is 56.1 Å². The van der Waals surface area contributed by atoms with E-state index in [0.717, 1.165) is 57.5 Å². The average Bonchev–Trinajstić information content (AvgIpc) is 3.80. The molecule has 0 amide bonds. The molecule has 2 aromatic carbocycles. The van der Waals surface area contributed by atoms with Gasteiger partial charge in [-0.2, -0.15) is 0 Å². The van der Waals surface area contributed by atoms with Gasteiger partial charge >= 0.3 is 5.97 Å². The van der Waals surface area contributed by atoms with E-state index in [1.165, 1.54) is 17.5 Å². The first-order chi connectivity index (χ1) is 16.5. The Balaban J connectivity index is 1.21. The molecule has 2 aliphatic carbocycles. The molecule has 34 heavy (non-hydrogen) atoms. The molecule has 1 heterocycles. The van der Waals surface area contributed by atoms with E-state index in [9.17, 15) is 9.90 Å². The summed E-state index contributed by atoms with van der Waals surface area (Å²) in [5, 5.41) is 13.5. The zero-order chi connectivity index (χ0) is 23.6. The number of carboxylic acids is 1. The number of aliphatic carboxylic acids is 1. The summed E-state index contributed by atoms with van der Waals surface area (Å²) in [5.41, 5.74) is 2.32. The van der Waals surface area contributed by atoms with Crippen molar-refractivity contribution >= 4 is 5.97 Å². The zero-order valence-corrected chi connectivity index (χ0v) is 20.3. The first-order valence-electron chi connectivity index (χ1n) is 13.0. The summed E-state index contributed by atoms with van der Waals surface area (Å²) in [4.78, 5) is 14.0. The third kappa shape index (κ3) is 5.31. The van der Waals surface area contributed by atoms with Crippen LogP contribution < -0.4 is 10.1 Å². The van der Waals surface area contributed by atoms with Gasteiger partial charge in [-0.3, -0.25) is 4.79 Å². The quantitative estimate of drug-likeness (QED) is 0.506. The van der Waals surface area contributed by atoms with Gasteiger partial charge in [0.25, 0.3) is 0 Å². The Kier molecular flexibility index (Phi) is 6.67. The molecule has 5 rings (SSSR count). The number of nitrogens with zero attached hydrogens (tertiary/aromatic N) is 1. The van der Waals surface area contributed by atoms with Crippen molar-refractivity contribution in [2.75, 3.05) is 32.8 Å². The van der Waals surface area contributed by atoms with E-state index in [-0.39, 0.29) is 5.41 Å². The second kappa shape index (κ2) is 9.71. The number of nitrogens with one attached hydrogen (secondary N) is 1. The highest BCUT2D eigenvalue weighted by Crippen LogP contribution is 2.47. The van der Waals surface area contributed by atoms with Gasteiger partial charge in [0.15, 0.2) is 0 Å². The molecule has 2 aromatic rings. The van der Waals surface area contributed by atoms with Crippen molar-refractivity contribution < 1.29 is 14.6 Å². The fourth-order valence-electron chi connectivity index (χ4n) is 5.50. The Labute approximate surface area is 203 Å².